The average molecular weight is 356 g/mol. The summed E-state index contributed by atoms with van der Waals surface area (Å²) < 4.78 is 46.3. The maximum absolute atomic E-state index is 13.8. The molecule has 0 aromatic heterocycles. The van der Waals surface area contributed by atoms with E-state index in [1.165, 1.54) is 25.3 Å². The second-order valence-corrected chi connectivity index (χ2v) is 6.60. The molecule has 0 radical (unpaired) electrons. The Morgan fingerprint density at radius 2 is 2.16 bits per heavy atom. The molecule has 2 aliphatic rings. The summed E-state index contributed by atoms with van der Waals surface area (Å²) in [5.74, 6) is -1.89. The van der Waals surface area contributed by atoms with Crippen molar-refractivity contribution < 1.29 is 27.8 Å². The largest absolute Gasteiger partial charge is 0.497 e. The molecule has 3 rings (SSSR count). The van der Waals surface area contributed by atoms with E-state index in [9.17, 15) is 23.1 Å². The molecule has 1 N–H and O–H groups in total. The third kappa shape index (κ3) is 2.78. The van der Waals surface area contributed by atoms with Gasteiger partial charge in [-0.2, -0.15) is 23.3 Å². The van der Waals surface area contributed by atoms with Crippen molar-refractivity contribution in [3.8, 4) is 5.75 Å². The third-order valence-electron chi connectivity index (χ3n) is 4.90. The van der Waals surface area contributed by atoms with Gasteiger partial charge in [0.25, 0.3) is 11.6 Å². The Balaban J connectivity index is 2.03. The van der Waals surface area contributed by atoms with Crippen molar-refractivity contribution in [2.24, 2.45) is 16.9 Å². The number of alkyl halides is 3. The zero-order valence-corrected chi connectivity index (χ0v) is 13.9. The van der Waals surface area contributed by atoms with Crippen LogP contribution in [0.1, 0.15) is 36.5 Å². The van der Waals surface area contributed by atoms with Gasteiger partial charge in [0, 0.05) is 11.3 Å². The van der Waals surface area contributed by atoms with Gasteiger partial charge in [-0.05, 0) is 43.4 Å². The maximum atomic E-state index is 13.8. The molecule has 0 unspecified atom stereocenters. The predicted molar refractivity (Wildman–Crippen MR) is 84.1 cm³/mol. The molecule has 136 valence electrons. The molecule has 0 saturated heterocycles. The molecule has 8 heteroatoms. The first kappa shape index (κ1) is 17.7. The number of carbonyl (C=O) groups excluding carboxylic acids is 1. The number of ether oxygens (including phenoxy) is 1. The van der Waals surface area contributed by atoms with Crippen LogP contribution in [-0.2, 0) is 0 Å². The van der Waals surface area contributed by atoms with Crippen LogP contribution in [0, 0.1) is 11.8 Å². The molecule has 5 nitrogen and oxygen atoms in total. The standard InChI is InChI=1S/C17H19F3N2O3/c1-10-6-7-14-13(8-10)16(24,17(18,19)20)22(21-14)15(23)11-4-3-5-12(9-11)25-2/h3-5,9-10,13,24H,6-8H2,1-2H3/t10-,13+,16+/m0/s1. The van der Waals surface area contributed by atoms with Crippen LogP contribution < -0.4 is 4.74 Å². The average Bonchev–Trinajstić information content (AvgIpc) is 2.88. The second kappa shape index (κ2) is 6.01. The van der Waals surface area contributed by atoms with Crippen molar-refractivity contribution in [2.45, 2.75) is 38.1 Å². The van der Waals surface area contributed by atoms with Crippen LogP contribution >= 0.6 is 0 Å². The first-order valence-corrected chi connectivity index (χ1v) is 8.03. The number of nitrogens with zero attached hydrogens (tertiary/aromatic N) is 2. The lowest BCUT2D eigenvalue weighted by Gasteiger charge is -2.39. The molecule has 1 heterocycles. The molecular formula is C17H19F3N2O3. The van der Waals surface area contributed by atoms with Crippen molar-refractivity contribution in [1.82, 2.24) is 5.01 Å². The van der Waals surface area contributed by atoms with Crippen LogP contribution in [0.15, 0.2) is 29.4 Å². The quantitative estimate of drug-likeness (QED) is 0.885. The van der Waals surface area contributed by atoms with E-state index in [0.29, 0.717) is 18.6 Å². The Morgan fingerprint density at radius 3 is 2.80 bits per heavy atom. The molecule has 0 bridgehead atoms. The van der Waals surface area contributed by atoms with Crippen LogP contribution in [0.25, 0.3) is 0 Å². The van der Waals surface area contributed by atoms with Gasteiger partial charge in [0.05, 0.1) is 13.0 Å². The lowest BCUT2D eigenvalue weighted by Crippen LogP contribution is -2.61. The number of aliphatic hydroxyl groups is 1. The van der Waals surface area contributed by atoms with Gasteiger partial charge in [0.15, 0.2) is 0 Å². The highest BCUT2D eigenvalue weighted by molar-refractivity contribution is 5.99. The monoisotopic (exact) mass is 356 g/mol. The summed E-state index contributed by atoms with van der Waals surface area (Å²) in [7, 11) is 1.39. The number of benzene rings is 1. The number of rotatable bonds is 2. The first-order chi connectivity index (χ1) is 11.7. The van der Waals surface area contributed by atoms with E-state index in [0.717, 1.165) is 0 Å². The number of carbonyl (C=O) groups is 1. The van der Waals surface area contributed by atoms with E-state index in [1.54, 1.807) is 6.07 Å². The highest BCUT2D eigenvalue weighted by atomic mass is 19.4. The van der Waals surface area contributed by atoms with Gasteiger partial charge >= 0.3 is 6.18 Å². The Kier molecular flexibility index (Phi) is 4.26. The molecule has 1 aromatic carbocycles. The predicted octanol–water partition coefficient (Wildman–Crippen LogP) is 3.19. The molecular weight excluding hydrogens is 337 g/mol. The first-order valence-electron chi connectivity index (χ1n) is 8.03. The summed E-state index contributed by atoms with van der Waals surface area (Å²) in [6.45, 7) is 1.83. The lowest BCUT2D eigenvalue weighted by atomic mass is 9.76. The van der Waals surface area contributed by atoms with Crippen LogP contribution in [0.5, 0.6) is 5.75 Å². The normalized spacial score (nSPS) is 29.2. The van der Waals surface area contributed by atoms with Crippen molar-refractivity contribution in [2.75, 3.05) is 7.11 Å². The summed E-state index contributed by atoms with van der Waals surface area (Å²) in [5.41, 5.74) is -3.12. The Morgan fingerprint density at radius 1 is 1.44 bits per heavy atom. The fraction of sp³-hybridized carbons (Fsp3) is 0.529. The summed E-state index contributed by atoms with van der Waals surface area (Å²) in [6.07, 6.45) is -3.86. The SMILES string of the molecule is COc1cccc(C(=O)N2N=C3CC[C@H](C)C[C@H]3[C@@]2(O)C(F)(F)F)c1. The third-order valence-corrected chi connectivity index (χ3v) is 4.90. The van der Waals surface area contributed by atoms with Gasteiger partial charge in [-0.25, -0.2) is 0 Å². The lowest BCUT2D eigenvalue weighted by molar-refractivity contribution is -0.313. The summed E-state index contributed by atoms with van der Waals surface area (Å²) >= 11 is 0. The van der Waals surface area contributed by atoms with Crippen molar-refractivity contribution in [3.63, 3.8) is 0 Å². The number of hydrazone groups is 1. The summed E-state index contributed by atoms with van der Waals surface area (Å²) in [4.78, 5) is 12.7. The van der Waals surface area contributed by atoms with Crippen molar-refractivity contribution in [1.29, 1.82) is 0 Å². The number of methoxy groups -OCH3 is 1. The zero-order valence-electron chi connectivity index (χ0n) is 13.9. The van der Waals surface area contributed by atoms with Crippen molar-refractivity contribution in [3.05, 3.63) is 29.8 Å². The second-order valence-electron chi connectivity index (χ2n) is 6.60. The van der Waals surface area contributed by atoms with E-state index < -0.39 is 23.7 Å². The van der Waals surface area contributed by atoms with E-state index >= 15 is 0 Å². The fourth-order valence-electron chi connectivity index (χ4n) is 3.49. The Bertz CT molecular complexity index is 719. The smallest absolute Gasteiger partial charge is 0.439 e. The van der Waals surface area contributed by atoms with Gasteiger partial charge in [0.2, 0.25) is 0 Å². The molecule has 1 amide bonds. The van der Waals surface area contributed by atoms with Crippen LogP contribution in [0.3, 0.4) is 0 Å². The Labute approximate surface area is 143 Å². The minimum absolute atomic E-state index is 0.0182. The number of hydrogen-bond donors (Lipinski definition) is 1. The van der Waals surface area contributed by atoms with Gasteiger partial charge in [-0.3, -0.25) is 4.79 Å². The molecule has 0 spiro atoms. The Hall–Kier alpha value is -2.09. The summed E-state index contributed by atoms with van der Waals surface area (Å²) in [5, 5.41) is 14.7. The van der Waals surface area contributed by atoms with Gasteiger partial charge in [-0.1, -0.05) is 13.0 Å². The van der Waals surface area contributed by atoms with Crippen LogP contribution in [0.4, 0.5) is 13.2 Å². The minimum atomic E-state index is -5.02. The van der Waals surface area contributed by atoms with E-state index in [1.807, 2.05) is 6.92 Å². The van der Waals surface area contributed by atoms with Gasteiger partial charge in [-0.15, -0.1) is 0 Å². The van der Waals surface area contributed by atoms with E-state index in [4.69, 9.17) is 4.74 Å². The highest BCUT2D eigenvalue weighted by Crippen LogP contribution is 2.49. The van der Waals surface area contributed by atoms with Gasteiger partial charge in [0.1, 0.15) is 5.75 Å². The number of halogens is 3. The van der Waals surface area contributed by atoms with Gasteiger partial charge < -0.3 is 9.84 Å². The highest BCUT2D eigenvalue weighted by Gasteiger charge is 2.68. The van der Waals surface area contributed by atoms with Crippen molar-refractivity contribution >= 4 is 11.6 Å². The van der Waals surface area contributed by atoms with E-state index in [-0.39, 0.29) is 28.6 Å². The maximum Gasteiger partial charge on any atom is 0.439 e. The molecule has 25 heavy (non-hydrogen) atoms. The molecule has 3 atom stereocenters. The molecule has 1 aliphatic carbocycles. The summed E-state index contributed by atoms with van der Waals surface area (Å²) in [6, 6.07) is 5.76. The van der Waals surface area contributed by atoms with E-state index in [2.05, 4.69) is 5.10 Å². The number of amides is 1. The zero-order chi connectivity index (χ0) is 18.4. The molecule has 1 aromatic rings. The minimum Gasteiger partial charge on any atom is -0.497 e. The topological polar surface area (TPSA) is 62.1 Å². The van der Waals surface area contributed by atoms with Crippen LogP contribution in [-0.4, -0.2) is 40.7 Å². The molecule has 1 fully saturated rings. The number of hydrogen-bond acceptors (Lipinski definition) is 4. The number of fused-ring (bicyclic) bond motifs is 1. The van der Waals surface area contributed by atoms with Crippen LogP contribution in [0.2, 0.25) is 0 Å². The molecule has 1 aliphatic heterocycles. The fourth-order valence-corrected chi connectivity index (χ4v) is 3.49. The molecule has 1 saturated carbocycles.